The van der Waals surface area contributed by atoms with Gasteiger partial charge >= 0.3 is 12.1 Å². The molecule has 1 amide bonds. The van der Waals surface area contributed by atoms with Crippen LogP contribution in [0.4, 0.5) is 27.6 Å². The van der Waals surface area contributed by atoms with Crippen molar-refractivity contribution in [2.45, 2.75) is 80.7 Å². The summed E-state index contributed by atoms with van der Waals surface area (Å²) in [5.41, 5.74) is -1.54. The maximum atomic E-state index is 17.6. The van der Waals surface area contributed by atoms with Gasteiger partial charge in [-0.1, -0.05) is 31.0 Å². The number of halogens is 5. The lowest BCUT2D eigenvalue weighted by Crippen LogP contribution is -2.52. The topological polar surface area (TPSA) is 62.3 Å². The van der Waals surface area contributed by atoms with Crippen molar-refractivity contribution in [3.8, 4) is 5.75 Å². The van der Waals surface area contributed by atoms with Crippen LogP contribution in [0.15, 0.2) is 42.5 Å². The molecule has 48 heavy (non-hydrogen) atoms. The molecular weight excluding hydrogens is 633 g/mol. The zero-order valence-electron chi connectivity index (χ0n) is 27.5. The highest BCUT2D eigenvalue weighted by molar-refractivity contribution is 5.88. The summed E-state index contributed by atoms with van der Waals surface area (Å²) in [6, 6.07) is 9.86. The standard InChI is InChI=1S/C36H44F5N3O4/c1-47-29-10-7-23(8-11-29)31-21-43(27-5-3-4-6-27)22-35(31,38)34(46)44-20-25(17-28(44)19-37)30-12-9-26(36(39,40)41)18-32(30)42-15-13-24(14-16-42)33(45)48-2/h7-12,18,24-25,27-28,31H,3-6,13-17,19-22H2,1-2H3/t25?,28-,31-,35-/m0/s1. The summed E-state index contributed by atoms with van der Waals surface area (Å²) in [4.78, 5) is 31.7. The Bertz CT molecular complexity index is 1460. The predicted molar refractivity (Wildman–Crippen MR) is 171 cm³/mol. The average molecular weight is 678 g/mol. The van der Waals surface area contributed by atoms with Crippen LogP contribution in [0.2, 0.25) is 0 Å². The van der Waals surface area contributed by atoms with E-state index in [-0.39, 0.29) is 37.4 Å². The maximum absolute atomic E-state index is 17.6. The van der Waals surface area contributed by atoms with Crippen molar-refractivity contribution >= 4 is 17.6 Å². The van der Waals surface area contributed by atoms with Crippen LogP contribution in [0.25, 0.3) is 0 Å². The molecule has 0 bridgehead atoms. The lowest BCUT2D eigenvalue weighted by atomic mass is 9.85. The Balaban J connectivity index is 1.29. The molecule has 4 aliphatic rings. The van der Waals surface area contributed by atoms with Crippen molar-refractivity contribution in [3.05, 3.63) is 59.2 Å². The van der Waals surface area contributed by atoms with Gasteiger partial charge in [0.15, 0.2) is 0 Å². The number of carbonyl (C=O) groups is 2. The molecule has 1 unspecified atom stereocenters. The third kappa shape index (κ3) is 6.61. The van der Waals surface area contributed by atoms with Crippen LogP contribution in [-0.4, -0.2) is 93.0 Å². The first-order chi connectivity index (χ1) is 23.0. The summed E-state index contributed by atoms with van der Waals surface area (Å²) in [7, 11) is 2.86. The number of alkyl halides is 5. The Kier molecular flexibility index (Phi) is 9.93. The number of carbonyl (C=O) groups excluding carboxylic acids is 2. The molecule has 1 saturated carbocycles. The summed E-state index contributed by atoms with van der Waals surface area (Å²) in [6.07, 6.45) is 0.386. The largest absolute Gasteiger partial charge is 0.497 e. The van der Waals surface area contributed by atoms with Gasteiger partial charge < -0.3 is 19.3 Å². The number of likely N-dealkylation sites (tertiary alicyclic amines) is 2. The molecule has 0 aromatic heterocycles. The van der Waals surface area contributed by atoms with Crippen LogP contribution >= 0.6 is 0 Å². The Morgan fingerprint density at radius 3 is 2.25 bits per heavy atom. The molecule has 7 nitrogen and oxygen atoms in total. The van der Waals surface area contributed by atoms with Crippen molar-refractivity contribution in [1.29, 1.82) is 0 Å². The molecule has 2 aromatic rings. The fourth-order valence-corrected chi connectivity index (χ4v) is 8.46. The quantitative estimate of drug-likeness (QED) is 0.235. The Morgan fingerprint density at radius 2 is 1.65 bits per heavy atom. The van der Waals surface area contributed by atoms with E-state index in [1.165, 1.54) is 18.1 Å². The second-order valence-electron chi connectivity index (χ2n) is 13.8. The summed E-state index contributed by atoms with van der Waals surface area (Å²) in [5, 5.41) is 0. The molecule has 0 spiro atoms. The Labute approximate surface area is 278 Å². The monoisotopic (exact) mass is 677 g/mol. The van der Waals surface area contributed by atoms with Crippen LogP contribution in [0.1, 0.15) is 73.5 Å². The van der Waals surface area contributed by atoms with Crippen LogP contribution in [-0.2, 0) is 20.5 Å². The number of anilines is 1. The number of esters is 1. The fourth-order valence-electron chi connectivity index (χ4n) is 8.46. The van der Waals surface area contributed by atoms with Gasteiger partial charge in [0, 0.05) is 56.3 Å². The predicted octanol–water partition coefficient (Wildman–Crippen LogP) is 6.51. The lowest BCUT2D eigenvalue weighted by Gasteiger charge is -2.35. The molecule has 2 aromatic carbocycles. The minimum atomic E-state index is -4.58. The number of hydrogen-bond donors (Lipinski definition) is 0. The van der Waals surface area contributed by atoms with E-state index in [0.29, 0.717) is 55.0 Å². The third-order valence-corrected chi connectivity index (χ3v) is 11.1. The van der Waals surface area contributed by atoms with E-state index in [0.717, 1.165) is 37.8 Å². The van der Waals surface area contributed by atoms with Gasteiger partial charge in [-0.3, -0.25) is 14.5 Å². The normalized spacial score (nSPS) is 27.5. The van der Waals surface area contributed by atoms with Gasteiger partial charge in [0.2, 0.25) is 5.67 Å². The molecule has 12 heteroatoms. The van der Waals surface area contributed by atoms with Gasteiger partial charge in [-0.05, 0) is 67.5 Å². The van der Waals surface area contributed by atoms with E-state index in [2.05, 4.69) is 4.90 Å². The number of ether oxygens (including phenoxy) is 2. The van der Waals surface area contributed by atoms with Crippen LogP contribution in [0.3, 0.4) is 0 Å². The molecule has 4 atom stereocenters. The van der Waals surface area contributed by atoms with E-state index in [9.17, 15) is 27.2 Å². The summed E-state index contributed by atoms with van der Waals surface area (Å²) in [6.45, 7) is 0.0524. The van der Waals surface area contributed by atoms with E-state index in [1.54, 1.807) is 31.4 Å². The molecular formula is C36H44F5N3O4. The molecule has 4 fully saturated rings. The zero-order valence-corrected chi connectivity index (χ0v) is 27.5. The summed E-state index contributed by atoms with van der Waals surface area (Å²) < 4.78 is 84.1. The minimum Gasteiger partial charge on any atom is -0.497 e. The first kappa shape index (κ1) is 34.5. The molecule has 3 saturated heterocycles. The Hall–Kier alpha value is -3.41. The van der Waals surface area contributed by atoms with Crippen LogP contribution < -0.4 is 9.64 Å². The van der Waals surface area contributed by atoms with Crippen molar-refractivity contribution in [1.82, 2.24) is 9.80 Å². The van der Waals surface area contributed by atoms with Gasteiger partial charge in [-0.2, -0.15) is 13.2 Å². The zero-order chi connectivity index (χ0) is 34.2. The number of nitrogens with zero attached hydrogens (tertiary/aromatic N) is 3. The summed E-state index contributed by atoms with van der Waals surface area (Å²) >= 11 is 0. The lowest BCUT2D eigenvalue weighted by molar-refractivity contribution is -0.146. The number of amides is 1. The minimum absolute atomic E-state index is 0.00512. The van der Waals surface area contributed by atoms with E-state index in [4.69, 9.17) is 9.47 Å². The molecule has 3 heterocycles. The summed E-state index contributed by atoms with van der Waals surface area (Å²) in [5.74, 6) is -2.11. The highest BCUT2D eigenvalue weighted by Crippen LogP contribution is 2.47. The van der Waals surface area contributed by atoms with Crippen molar-refractivity contribution < 1.29 is 41.0 Å². The fraction of sp³-hybridized carbons (Fsp3) is 0.611. The highest BCUT2D eigenvalue weighted by Gasteiger charge is 2.58. The molecule has 0 N–H and O–H groups in total. The number of piperidine rings is 1. The smallest absolute Gasteiger partial charge is 0.416 e. The second kappa shape index (κ2) is 13.8. The second-order valence-corrected chi connectivity index (χ2v) is 13.8. The SMILES string of the molecule is COC(=O)C1CCN(c2cc(C(F)(F)F)ccc2C2C[C@@H](CF)N(C(=O)[C@]3(F)CN(C4CCCC4)C[C@H]3c3ccc(OC)cc3)C2)CC1. The number of rotatable bonds is 8. The van der Waals surface area contributed by atoms with Crippen LogP contribution in [0, 0.1) is 5.92 Å². The molecule has 262 valence electrons. The average Bonchev–Trinajstić information content (AvgIpc) is 3.87. The number of benzene rings is 2. The van der Waals surface area contributed by atoms with Gasteiger partial charge in [-0.15, -0.1) is 0 Å². The molecule has 1 aliphatic carbocycles. The maximum Gasteiger partial charge on any atom is 0.416 e. The first-order valence-electron chi connectivity index (χ1n) is 16.9. The molecule has 0 radical (unpaired) electrons. The molecule has 6 rings (SSSR count). The van der Waals surface area contributed by atoms with Gasteiger partial charge in [0.25, 0.3) is 5.91 Å². The van der Waals surface area contributed by atoms with E-state index < -0.39 is 47.9 Å². The van der Waals surface area contributed by atoms with Gasteiger partial charge in [0.05, 0.1) is 31.7 Å². The molecule has 3 aliphatic heterocycles. The van der Waals surface area contributed by atoms with Crippen LogP contribution in [0.5, 0.6) is 5.75 Å². The van der Waals surface area contributed by atoms with E-state index in [1.807, 2.05) is 4.90 Å². The third-order valence-electron chi connectivity index (χ3n) is 11.1. The van der Waals surface area contributed by atoms with Crippen molar-refractivity contribution in [2.24, 2.45) is 5.92 Å². The van der Waals surface area contributed by atoms with Gasteiger partial charge in [0.1, 0.15) is 12.4 Å². The van der Waals surface area contributed by atoms with Crippen molar-refractivity contribution in [3.63, 3.8) is 0 Å². The first-order valence-corrected chi connectivity index (χ1v) is 16.9. The van der Waals surface area contributed by atoms with Gasteiger partial charge in [-0.25, -0.2) is 8.78 Å². The number of hydrogen-bond acceptors (Lipinski definition) is 6. The van der Waals surface area contributed by atoms with Crippen molar-refractivity contribution in [2.75, 3.05) is 58.5 Å². The highest BCUT2D eigenvalue weighted by atomic mass is 19.4. The van der Waals surface area contributed by atoms with E-state index >= 15 is 4.39 Å². The number of methoxy groups -OCH3 is 2. The Morgan fingerprint density at radius 1 is 0.958 bits per heavy atom.